The van der Waals surface area contributed by atoms with Crippen molar-refractivity contribution < 1.29 is 4.79 Å². The second-order valence-corrected chi connectivity index (χ2v) is 10.3. The van der Waals surface area contributed by atoms with Gasteiger partial charge in [0.2, 0.25) is 0 Å². The summed E-state index contributed by atoms with van der Waals surface area (Å²) >= 11 is 2.13. The van der Waals surface area contributed by atoms with Crippen molar-refractivity contribution in [2.24, 2.45) is 34.5 Å². The Morgan fingerprint density at radius 2 is 1.73 bits per heavy atom. The Kier molecular flexibility index (Phi) is 3.72. The van der Waals surface area contributed by atoms with Crippen LogP contribution in [0.25, 0.3) is 0 Å². The van der Waals surface area contributed by atoms with Crippen LogP contribution >= 0.6 is 11.8 Å². The summed E-state index contributed by atoms with van der Waals surface area (Å²) in [6, 6.07) is 0. The minimum atomic E-state index is 0.482. The summed E-state index contributed by atoms with van der Waals surface area (Å²) in [7, 11) is 0. The lowest BCUT2D eigenvalue weighted by molar-refractivity contribution is -0.137. The molecule has 0 spiro atoms. The van der Waals surface area contributed by atoms with Crippen molar-refractivity contribution in [1.82, 2.24) is 0 Å². The first kappa shape index (κ1) is 15.5. The number of fused-ring (bicyclic) bond motifs is 5. The van der Waals surface area contributed by atoms with Crippen molar-refractivity contribution in [2.45, 2.75) is 76.9 Å². The van der Waals surface area contributed by atoms with E-state index < -0.39 is 0 Å². The van der Waals surface area contributed by atoms with Gasteiger partial charge in [-0.1, -0.05) is 13.8 Å². The molecule has 124 valence electrons. The normalized spacial score (nSPS) is 54.5. The van der Waals surface area contributed by atoms with Gasteiger partial charge in [-0.2, -0.15) is 11.8 Å². The second kappa shape index (κ2) is 5.26. The predicted octanol–water partition coefficient (Wildman–Crippen LogP) is 5.33. The van der Waals surface area contributed by atoms with E-state index >= 15 is 0 Å². The number of carbonyl (C=O) groups excluding carboxylic acids is 1. The van der Waals surface area contributed by atoms with Gasteiger partial charge in [0.25, 0.3) is 0 Å². The van der Waals surface area contributed by atoms with Gasteiger partial charge in [-0.25, -0.2) is 0 Å². The van der Waals surface area contributed by atoms with Crippen molar-refractivity contribution in [3.05, 3.63) is 0 Å². The van der Waals surface area contributed by atoms with E-state index in [-0.39, 0.29) is 0 Å². The summed E-state index contributed by atoms with van der Waals surface area (Å²) in [4.78, 5) is 11.9. The Balaban J connectivity index is 1.62. The molecule has 0 amide bonds. The van der Waals surface area contributed by atoms with Gasteiger partial charge < -0.3 is 0 Å². The van der Waals surface area contributed by atoms with Gasteiger partial charge in [0, 0.05) is 18.1 Å². The first-order chi connectivity index (χ1) is 10.5. The third-order valence-corrected chi connectivity index (χ3v) is 10.0. The summed E-state index contributed by atoms with van der Waals surface area (Å²) in [5.41, 5.74) is 1.09. The van der Waals surface area contributed by atoms with E-state index in [1.807, 2.05) is 0 Å². The molecular formula is C20H32OS. The van der Waals surface area contributed by atoms with E-state index in [0.29, 0.717) is 22.5 Å². The number of rotatable bonds is 1. The summed E-state index contributed by atoms with van der Waals surface area (Å²) < 4.78 is 0. The summed E-state index contributed by atoms with van der Waals surface area (Å²) in [5, 5.41) is 0.900. The summed E-state index contributed by atoms with van der Waals surface area (Å²) in [6.07, 6.45) is 13.8. The summed E-state index contributed by atoms with van der Waals surface area (Å²) in [5.74, 6) is 4.10. The van der Waals surface area contributed by atoms with E-state index in [1.54, 1.807) is 0 Å². The van der Waals surface area contributed by atoms with Crippen molar-refractivity contribution in [2.75, 3.05) is 6.26 Å². The Hall–Kier alpha value is 0.0200. The molecule has 0 aromatic heterocycles. The number of carbonyl (C=O) groups is 1. The average Bonchev–Trinajstić information content (AvgIpc) is 2.84. The molecule has 0 saturated heterocycles. The third kappa shape index (κ3) is 2.01. The lowest BCUT2D eigenvalue weighted by atomic mass is 9.45. The SMILES string of the molecule is CSC1CC[C@H]2[C@@H]3CCC4CC(=O)CC[C@]4(C)[C@@H]3CC[C@]12C. The zero-order valence-electron chi connectivity index (χ0n) is 14.6. The molecular weight excluding hydrogens is 288 g/mol. The molecule has 0 N–H and O–H groups in total. The predicted molar refractivity (Wildman–Crippen MR) is 94.0 cm³/mol. The standard InChI is InChI=1S/C20H32OS/c1-19-10-8-14(21)12-13(19)4-5-15-16-6-7-18(22-3)20(16,2)11-9-17(15)19/h13,15-18H,4-12H2,1-3H3/t13?,15-,16-,17+,18?,19-,20-/m0/s1. The molecule has 0 bridgehead atoms. The van der Waals surface area contributed by atoms with Gasteiger partial charge >= 0.3 is 0 Å². The highest BCUT2D eigenvalue weighted by Crippen LogP contribution is 2.67. The zero-order chi connectivity index (χ0) is 15.5. The highest BCUT2D eigenvalue weighted by molar-refractivity contribution is 7.99. The molecule has 4 aliphatic carbocycles. The van der Waals surface area contributed by atoms with Crippen LogP contribution in [-0.4, -0.2) is 17.3 Å². The molecule has 1 nitrogen and oxygen atoms in total. The maximum atomic E-state index is 11.9. The monoisotopic (exact) mass is 320 g/mol. The van der Waals surface area contributed by atoms with Gasteiger partial charge in [0.05, 0.1) is 0 Å². The Labute approximate surface area is 140 Å². The number of hydrogen-bond donors (Lipinski definition) is 0. The van der Waals surface area contributed by atoms with E-state index in [9.17, 15) is 4.79 Å². The molecule has 0 aromatic rings. The van der Waals surface area contributed by atoms with Crippen LogP contribution in [0, 0.1) is 34.5 Å². The molecule has 0 aromatic carbocycles. The van der Waals surface area contributed by atoms with Gasteiger partial charge in [-0.05, 0) is 85.7 Å². The molecule has 4 aliphatic rings. The van der Waals surface area contributed by atoms with Crippen molar-refractivity contribution in [3.8, 4) is 0 Å². The molecule has 0 heterocycles. The minimum Gasteiger partial charge on any atom is -0.300 e. The maximum Gasteiger partial charge on any atom is 0.133 e. The smallest absolute Gasteiger partial charge is 0.133 e. The molecule has 7 atom stereocenters. The van der Waals surface area contributed by atoms with Crippen molar-refractivity contribution >= 4 is 17.5 Å². The van der Waals surface area contributed by atoms with Gasteiger partial charge in [0.1, 0.15) is 5.78 Å². The highest BCUT2D eigenvalue weighted by atomic mass is 32.2. The molecule has 0 aliphatic heterocycles. The maximum absolute atomic E-state index is 11.9. The quantitative estimate of drug-likeness (QED) is 0.649. The van der Waals surface area contributed by atoms with Crippen LogP contribution < -0.4 is 0 Å². The second-order valence-electron chi connectivity index (χ2n) is 9.25. The van der Waals surface area contributed by atoms with Crippen LogP contribution in [0.4, 0.5) is 0 Å². The Morgan fingerprint density at radius 3 is 2.50 bits per heavy atom. The minimum absolute atomic E-state index is 0.482. The van der Waals surface area contributed by atoms with Crippen molar-refractivity contribution in [3.63, 3.8) is 0 Å². The molecule has 22 heavy (non-hydrogen) atoms. The van der Waals surface area contributed by atoms with Crippen LogP contribution in [0.2, 0.25) is 0 Å². The highest BCUT2D eigenvalue weighted by Gasteiger charge is 2.59. The molecule has 2 heteroatoms. The van der Waals surface area contributed by atoms with E-state index in [1.165, 1.54) is 44.9 Å². The lowest BCUT2D eigenvalue weighted by Gasteiger charge is -2.60. The first-order valence-corrected chi connectivity index (χ1v) is 10.8. The van der Waals surface area contributed by atoms with Crippen LogP contribution in [0.5, 0.6) is 0 Å². The fourth-order valence-electron chi connectivity index (χ4n) is 7.38. The average molecular weight is 321 g/mol. The van der Waals surface area contributed by atoms with Crippen LogP contribution in [-0.2, 0) is 4.79 Å². The largest absolute Gasteiger partial charge is 0.300 e. The Morgan fingerprint density at radius 1 is 0.955 bits per heavy atom. The molecule has 2 unspecified atom stereocenters. The number of hydrogen-bond acceptors (Lipinski definition) is 2. The molecule has 0 radical (unpaired) electrons. The Bertz CT molecular complexity index is 474. The van der Waals surface area contributed by atoms with Crippen LogP contribution in [0.15, 0.2) is 0 Å². The van der Waals surface area contributed by atoms with Crippen LogP contribution in [0.1, 0.15) is 71.6 Å². The fraction of sp³-hybridized carbons (Fsp3) is 0.950. The van der Waals surface area contributed by atoms with Crippen molar-refractivity contribution in [1.29, 1.82) is 0 Å². The van der Waals surface area contributed by atoms with Gasteiger partial charge in [-0.15, -0.1) is 0 Å². The number of thioether (sulfide) groups is 1. The lowest BCUT2D eigenvalue weighted by Crippen LogP contribution is -2.53. The van der Waals surface area contributed by atoms with E-state index in [2.05, 4.69) is 31.9 Å². The third-order valence-electron chi connectivity index (χ3n) is 8.68. The number of ketones is 1. The summed E-state index contributed by atoms with van der Waals surface area (Å²) in [6.45, 7) is 5.17. The van der Waals surface area contributed by atoms with E-state index in [0.717, 1.165) is 35.8 Å². The zero-order valence-corrected chi connectivity index (χ0v) is 15.4. The molecule has 4 fully saturated rings. The van der Waals surface area contributed by atoms with Gasteiger partial charge in [0.15, 0.2) is 0 Å². The fourth-order valence-corrected chi connectivity index (χ4v) is 8.59. The van der Waals surface area contributed by atoms with E-state index in [4.69, 9.17) is 0 Å². The van der Waals surface area contributed by atoms with Gasteiger partial charge in [-0.3, -0.25) is 4.79 Å². The first-order valence-electron chi connectivity index (χ1n) is 9.53. The molecule has 4 saturated carbocycles. The van der Waals surface area contributed by atoms with Crippen LogP contribution in [0.3, 0.4) is 0 Å². The number of Topliss-reactive ketones (excluding diaryl/α,β-unsaturated/α-hetero) is 1. The topological polar surface area (TPSA) is 17.1 Å². The molecule has 4 rings (SSSR count).